The molecule has 3 aromatic rings. The van der Waals surface area contributed by atoms with E-state index >= 15 is 0 Å². The average Bonchev–Trinajstić information content (AvgIpc) is 2.93. The van der Waals surface area contributed by atoms with Crippen molar-refractivity contribution in [2.75, 3.05) is 0 Å². The first-order valence-corrected chi connectivity index (χ1v) is 8.09. The molecule has 0 saturated carbocycles. The maximum absolute atomic E-state index is 13.0. The second-order valence-corrected chi connectivity index (χ2v) is 6.52. The molecule has 0 aliphatic carbocycles. The van der Waals surface area contributed by atoms with Crippen LogP contribution in [0.1, 0.15) is 32.7 Å². The quantitative estimate of drug-likeness (QED) is 0.569. The number of aromatic nitrogens is 2. The number of nitrogens with zero attached hydrogens (tertiary/aromatic N) is 1. The molecule has 9 heteroatoms. The highest BCUT2D eigenvalue weighted by Gasteiger charge is 2.31. The van der Waals surface area contributed by atoms with Crippen molar-refractivity contribution in [3.05, 3.63) is 62.5 Å². The Bertz CT molecular complexity index is 1030. The van der Waals surface area contributed by atoms with Gasteiger partial charge in [-0.2, -0.15) is 13.2 Å². The van der Waals surface area contributed by atoms with Crippen molar-refractivity contribution in [3.8, 4) is 0 Å². The number of aromatic amines is 1. The van der Waals surface area contributed by atoms with E-state index in [0.717, 1.165) is 18.3 Å². The zero-order valence-electron chi connectivity index (χ0n) is 13.2. The minimum atomic E-state index is -4.45. The van der Waals surface area contributed by atoms with Gasteiger partial charge in [-0.1, -0.05) is 23.2 Å². The smallest absolute Gasteiger partial charge is 0.416 e. The van der Waals surface area contributed by atoms with Gasteiger partial charge in [-0.05, 0) is 30.7 Å². The van der Waals surface area contributed by atoms with Gasteiger partial charge in [0.1, 0.15) is 5.15 Å². The van der Waals surface area contributed by atoms with E-state index in [-0.39, 0.29) is 27.7 Å². The maximum Gasteiger partial charge on any atom is 0.416 e. The summed E-state index contributed by atoms with van der Waals surface area (Å²) in [6, 6.07) is 3.79. The van der Waals surface area contributed by atoms with E-state index in [2.05, 4.69) is 9.97 Å². The molecule has 2 heterocycles. The second kappa shape index (κ2) is 6.48. The number of halogens is 5. The van der Waals surface area contributed by atoms with E-state index in [9.17, 15) is 18.0 Å². The van der Waals surface area contributed by atoms with E-state index in [1.807, 2.05) is 0 Å². The molecule has 0 fully saturated rings. The van der Waals surface area contributed by atoms with E-state index in [4.69, 9.17) is 28.3 Å². The van der Waals surface area contributed by atoms with E-state index < -0.39 is 17.7 Å². The third-order valence-corrected chi connectivity index (χ3v) is 4.74. The number of aryl methyl sites for hydroxylation is 1. The molecule has 0 spiro atoms. The number of carbonyl (C=O) groups is 1. The Morgan fingerprint density at radius 1 is 1.27 bits per heavy atom. The van der Waals surface area contributed by atoms with Gasteiger partial charge in [0, 0.05) is 34.8 Å². The fourth-order valence-corrected chi connectivity index (χ4v) is 3.28. The van der Waals surface area contributed by atoms with Crippen LogP contribution in [0.2, 0.25) is 10.2 Å². The van der Waals surface area contributed by atoms with Crippen LogP contribution >= 0.6 is 23.2 Å². The number of carboxylic acids is 1. The predicted molar refractivity (Wildman–Crippen MR) is 92.1 cm³/mol. The lowest BCUT2D eigenvalue weighted by molar-refractivity contribution is -0.137. The van der Waals surface area contributed by atoms with Crippen LogP contribution in [0.4, 0.5) is 13.2 Å². The molecule has 0 aliphatic rings. The summed E-state index contributed by atoms with van der Waals surface area (Å²) in [5, 5.41) is 9.73. The van der Waals surface area contributed by atoms with Gasteiger partial charge >= 0.3 is 12.1 Å². The fraction of sp³-hybridized carbons (Fsp3) is 0.176. The number of rotatable bonds is 3. The molecule has 0 atom stereocenters. The number of nitrogens with one attached hydrogen (secondary N) is 1. The highest BCUT2D eigenvalue weighted by Crippen LogP contribution is 2.34. The number of hydrogen-bond acceptors (Lipinski definition) is 2. The first kappa shape index (κ1) is 18.5. The largest absolute Gasteiger partial charge is 0.478 e. The van der Waals surface area contributed by atoms with Crippen LogP contribution in [0.25, 0.3) is 10.9 Å². The number of pyridine rings is 1. The molecule has 26 heavy (non-hydrogen) atoms. The minimum absolute atomic E-state index is 0.0337. The fourth-order valence-electron chi connectivity index (χ4n) is 2.73. The molecule has 0 saturated heterocycles. The molecule has 0 bridgehead atoms. The lowest BCUT2D eigenvalue weighted by atomic mass is 10.1. The van der Waals surface area contributed by atoms with Crippen LogP contribution in [0, 0.1) is 6.92 Å². The van der Waals surface area contributed by atoms with Gasteiger partial charge in [-0.15, -0.1) is 0 Å². The van der Waals surface area contributed by atoms with Gasteiger partial charge in [0.15, 0.2) is 0 Å². The molecule has 0 aliphatic heterocycles. The van der Waals surface area contributed by atoms with Crippen molar-refractivity contribution in [2.45, 2.75) is 19.5 Å². The highest BCUT2D eigenvalue weighted by atomic mass is 35.5. The summed E-state index contributed by atoms with van der Waals surface area (Å²) in [5.74, 6) is -1.25. The molecule has 0 unspecified atom stereocenters. The molecule has 1 aromatic carbocycles. The average molecular weight is 403 g/mol. The Kier molecular flexibility index (Phi) is 4.62. The first-order chi connectivity index (χ1) is 12.1. The molecule has 0 amide bonds. The summed E-state index contributed by atoms with van der Waals surface area (Å²) in [7, 11) is 0. The molecule has 2 aromatic heterocycles. The van der Waals surface area contributed by atoms with Crippen LogP contribution in [-0.4, -0.2) is 21.0 Å². The number of fused-ring (bicyclic) bond motifs is 1. The SMILES string of the molecule is Cc1cc(C(F)(F)F)cc2[nH]c(Cc3c(Cl)ncc(C(=O)O)c3Cl)cc12. The Labute approximate surface area is 155 Å². The minimum Gasteiger partial charge on any atom is -0.478 e. The lowest BCUT2D eigenvalue weighted by Gasteiger charge is -2.08. The Morgan fingerprint density at radius 2 is 1.96 bits per heavy atom. The number of alkyl halides is 3. The first-order valence-electron chi connectivity index (χ1n) is 7.33. The second-order valence-electron chi connectivity index (χ2n) is 5.78. The molecule has 136 valence electrons. The van der Waals surface area contributed by atoms with Crippen molar-refractivity contribution in [3.63, 3.8) is 0 Å². The van der Waals surface area contributed by atoms with Crippen LogP contribution < -0.4 is 0 Å². The van der Waals surface area contributed by atoms with Crippen LogP contribution in [0.5, 0.6) is 0 Å². The molecular weight excluding hydrogens is 392 g/mol. The van der Waals surface area contributed by atoms with E-state index in [1.165, 1.54) is 0 Å². The van der Waals surface area contributed by atoms with Crippen molar-refractivity contribution >= 4 is 40.1 Å². The van der Waals surface area contributed by atoms with Crippen molar-refractivity contribution in [1.82, 2.24) is 9.97 Å². The third-order valence-electron chi connectivity index (χ3n) is 3.98. The van der Waals surface area contributed by atoms with Gasteiger partial charge in [0.2, 0.25) is 0 Å². The summed E-state index contributed by atoms with van der Waals surface area (Å²) in [6.45, 7) is 1.59. The van der Waals surface area contributed by atoms with Crippen molar-refractivity contribution < 1.29 is 23.1 Å². The Hall–Kier alpha value is -2.25. The number of hydrogen-bond donors (Lipinski definition) is 2. The van der Waals surface area contributed by atoms with Crippen LogP contribution in [0.15, 0.2) is 24.4 Å². The lowest BCUT2D eigenvalue weighted by Crippen LogP contribution is -2.05. The number of benzene rings is 1. The monoisotopic (exact) mass is 402 g/mol. The van der Waals surface area contributed by atoms with Gasteiger partial charge in [0.25, 0.3) is 0 Å². The number of H-pyrrole nitrogens is 1. The Balaban J connectivity index is 2.07. The zero-order chi connectivity index (χ0) is 19.2. The van der Waals surface area contributed by atoms with Gasteiger partial charge in [0.05, 0.1) is 16.1 Å². The molecule has 0 radical (unpaired) electrons. The zero-order valence-corrected chi connectivity index (χ0v) is 14.7. The predicted octanol–water partition coefficient (Wildman–Crippen LogP) is 5.49. The summed E-state index contributed by atoms with van der Waals surface area (Å²) >= 11 is 12.1. The summed E-state index contributed by atoms with van der Waals surface area (Å²) in [4.78, 5) is 17.9. The molecule has 4 nitrogen and oxygen atoms in total. The summed E-state index contributed by atoms with van der Waals surface area (Å²) in [5.41, 5.74) is 0.664. The topological polar surface area (TPSA) is 66.0 Å². The molecular formula is C17H11Cl2F3N2O2. The van der Waals surface area contributed by atoms with E-state index in [0.29, 0.717) is 22.2 Å². The molecule has 2 N–H and O–H groups in total. The maximum atomic E-state index is 13.0. The van der Waals surface area contributed by atoms with Crippen LogP contribution in [-0.2, 0) is 12.6 Å². The van der Waals surface area contributed by atoms with E-state index in [1.54, 1.807) is 13.0 Å². The molecule has 3 rings (SSSR count). The summed E-state index contributed by atoms with van der Waals surface area (Å²) < 4.78 is 38.9. The number of carboxylic acid groups (broad SMARTS) is 1. The van der Waals surface area contributed by atoms with Gasteiger partial charge in [-0.3, -0.25) is 0 Å². The highest BCUT2D eigenvalue weighted by molar-refractivity contribution is 6.37. The van der Waals surface area contributed by atoms with Gasteiger partial charge < -0.3 is 10.1 Å². The third kappa shape index (κ3) is 3.37. The Morgan fingerprint density at radius 3 is 2.58 bits per heavy atom. The van der Waals surface area contributed by atoms with Crippen molar-refractivity contribution in [2.24, 2.45) is 0 Å². The van der Waals surface area contributed by atoms with Crippen molar-refractivity contribution in [1.29, 1.82) is 0 Å². The summed E-state index contributed by atoms with van der Waals surface area (Å²) in [6.07, 6.45) is -3.29. The normalized spacial score (nSPS) is 11.9. The number of aromatic carboxylic acids is 1. The van der Waals surface area contributed by atoms with Gasteiger partial charge in [-0.25, -0.2) is 9.78 Å². The van der Waals surface area contributed by atoms with Crippen LogP contribution in [0.3, 0.4) is 0 Å². The standard InChI is InChI=1S/C17H11Cl2F3N2O2/c1-7-2-8(17(20,21)22)3-13-10(7)4-9(24-13)5-11-14(18)12(16(25)26)6-23-15(11)19/h2-4,6,24H,5H2,1H3,(H,25,26).